The van der Waals surface area contributed by atoms with Crippen molar-refractivity contribution >= 4 is 10.9 Å². The Morgan fingerprint density at radius 2 is 1.80 bits per heavy atom. The molecule has 100 valence electrons. The summed E-state index contributed by atoms with van der Waals surface area (Å²) in [6.45, 7) is 1.72. The molecule has 20 heavy (non-hydrogen) atoms. The third-order valence-electron chi connectivity index (χ3n) is 3.16. The van der Waals surface area contributed by atoms with Crippen LogP contribution in [-0.2, 0) is 0 Å². The molecule has 1 atom stereocenters. The Morgan fingerprint density at radius 1 is 1.05 bits per heavy atom. The predicted molar refractivity (Wildman–Crippen MR) is 78.9 cm³/mol. The number of para-hydroxylation sites is 2. The van der Waals surface area contributed by atoms with E-state index >= 15 is 0 Å². The summed E-state index contributed by atoms with van der Waals surface area (Å²) < 4.78 is 5.86. The molecule has 0 unspecified atom stereocenters. The zero-order valence-corrected chi connectivity index (χ0v) is 11.2. The summed E-state index contributed by atoms with van der Waals surface area (Å²) in [6, 6.07) is 17.3. The second-order valence-electron chi connectivity index (χ2n) is 4.68. The number of nitrogens with zero attached hydrogens (tertiary/aromatic N) is 1. The first-order valence-corrected chi connectivity index (χ1v) is 6.54. The predicted octanol–water partition coefficient (Wildman–Crippen LogP) is 4.08. The molecule has 3 rings (SSSR count). The normalized spacial score (nSPS) is 12.3. The summed E-state index contributed by atoms with van der Waals surface area (Å²) in [5, 5.41) is 10.8. The van der Waals surface area contributed by atoms with Gasteiger partial charge in [-0.15, -0.1) is 0 Å². The van der Waals surface area contributed by atoms with E-state index in [4.69, 9.17) is 4.74 Å². The van der Waals surface area contributed by atoms with Crippen LogP contribution in [0.15, 0.2) is 60.8 Å². The Balaban J connectivity index is 1.97. The number of rotatable bonds is 3. The molecular formula is C17H15NO2. The van der Waals surface area contributed by atoms with Gasteiger partial charge in [0.05, 0.1) is 17.8 Å². The number of aromatic nitrogens is 1. The lowest BCUT2D eigenvalue weighted by molar-refractivity contribution is 0.195. The zero-order valence-electron chi connectivity index (χ0n) is 11.2. The van der Waals surface area contributed by atoms with Crippen molar-refractivity contribution in [1.82, 2.24) is 4.98 Å². The Bertz CT molecular complexity index is 738. The molecule has 0 saturated heterocycles. The van der Waals surface area contributed by atoms with Crippen molar-refractivity contribution < 1.29 is 9.84 Å². The highest BCUT2D eigenvalue weighted by molar-refractivity contribution is 5.79. The van der Waals surface area contributed by atoms with Crippen molar-refractivity contribution in [2.24, 2.45) is 0 Å². The molecule has 3 heteroatoms. The first-order valence-electron chi connectivity index (χ1n) is 6.54. The summed E-state index contributed by atoms with van der Waals surface area (Å²) in [6.07, 6.45) is 1.13. The van der Waals surface area contributed by atoms with Crippen LogP contribution in [0.4, 0.5) is 0 Å². The maximum atomic E-state index is 9.76. The molecule has 2 aromatic carbocycles. The number of ether oxygens (including phenoxy) is 1. The highest BCUT2D eigenvalue weighted by atomic mass is 16.5. The van der Waals surface area contributed by atoms with E-state index < -0.39 is 6.10 Å². The fraction of sp³-hybridized carbons (Fsp3) is 0.118. The average molecular weight is 265 g/mol. The minimum absolute atomic E-state index is 0.570. The van der Waals surface area contributed by atoms with Crippen LogP contribution in [0.5, 0.6) is 11.5 Å². The smallest absolute Gasteiger partial charge is 0.146 e. The van der Waals surface area contributed by atoms with E-state index in [1.807, 2.05) is 54.6 Å². The lowest BCUT2D eigenvalue weighted by atomic mass is 10.1. The number of hydrogen-bond acceptors (Lipinski definition) is 3. The van der Waals surface area contributed by atoms with Crippen molar-refractivity contribution in [1.29, 1.82) is 0 Å². The van der Waals surface area contributed by atoms with E-state index in [-0.39, 0.29) is 0 Å². The molecule has 1 aromatic heterocycles. The third kappa shape index (κ3) is 2.49. The number of benzene rings is 2. The van der Waals surface area contributed by atoms with Gasteiger partial charge in [-0.2, -0.15) is 0 Å². The topological polar surface area (TPSA) is 42.4 Å². The van der Waals surface area contributed by atoms with Gasteiger partial charge in [0.25, 0.3) is 0 Å². The Kier molecular flexibility index (Phi) is 3.35. The fourth-order valence-electron chi connectivity index (χ4n) is 2.15. The van der Waals surface area contributed by atoms with Crippen LogP contribution < -0.4 is 4.74 Å². The van der Waals surface area contributed by atoms with E-state index in [2.05, 4.69) is 4.98 Å². The monoisotopic (exact) mass is 265 g/mol. The van der Waals surface area contributed by atoms with Gasteiger partial charge in [-0.05, 0) is 25.1 Å². The zero-order chi connectivity index (χ0) is 13.9. The molecule has 0 amide bonds. The van der Waals surface area contributed by atoms with Gasteiger partial charge in [-0.1, -0.05) is 36.4 Å². The molecule has 0 aliphatic heterocycles. The van der Waals surface area contributed by atoms with E-state index in [0.29, 0.717) is 11.5 Å². The van der Waals surface area contributed by atoms with Gasteiger partial charge in [-0.3, -0.25) is 4.98 Å². The van der Waals surface area contributed by atoms with Crippen LogP contribution in [0.2, 0.25) is 0 Å². The molecule has 3 nitrogen and oxygen atoms in total. The number of hydrogen-bond donors (Lipinski definition) is 1. The molecule has 0 spiro atoms. The van der Waals surface area contributed by atoms with E-state index in [9.17, 15) is 5.11 Å². The molecule has 1 heterocycles. The van der Waals surface area contributed by atoms with Crippen molar-refractivity contribution in [2.75, 3.05) is 0 Å². The van der Waals surface area contributed by atoms with Crippen molar-refractivity contribution in [3.63, 3.8) is 0 Å². The first-order chi connectivity index (χ1) is 9.74. The van der Waals surface area contributed by atoms with Gasteiger partial charge in [0.2, 0.25) is 0 Å². The standard InChI is InChI=1S/C17H15NO2/c1-12(19)15-7-3-5-9-17(15)20-14-10-13-6-2-4-8-16(13)18-11-14/h2-12,19H,1H3/t12-/m1/s1. The molecule has 0 saturated carbocycles. The highest BCUT2D eigenvalue weighted by Crippen LogP contribution is 2.30. The lowest BCUT2D eigenvalue weighted by Gasteiger charge is -2.13. The Hall–Kier alpha value is -2.39. The van der Waals surface area contributed by atoms with Crippen LogP contribution in [0, 0.1) is 0 Å². The van der Waals surface area contributed by atoms with Crippen LogP contribution in [0.1, 0.15) is 18.6 Å². The van der Waals surface area contributed by atoms with Gasteiger partial charge in [-0.25, -0.2) is 0 Å². The molecule has 0 bridgehead atoms. The Labute approximate surface area is 117 Å². The molecule has 0 radical (unpaired) electrons. The summed E-state index contributed by atoms with van der Waals surface area (Å²) in [5.74, 6) is 1.32. The molecule has 0 fully saturated rings. The average Bonchev–Trinajstić information content (AvgIpc) is 2.47. The van der Waals surface area contributed by atoms with E-state index in [1.54, 1.807) is 13.1 Å². The van der Waals surface area contributed by atoms with Crippen LogP contribution in [-0.4, -0.2) is 10.1 Å². The number of aliphatic hydroxyl groups is 1. The minimum Gasteiger partial charge on any atom is -0.455 e. The largest absolute Gasteiger partial charge is 0.455 e. The van der Waals surface area contributed by atoms with Crippen LogP contribution in [0.3, 0.4) is 0 Å². The second-order valence-corrected chi connectivity index (χ2v) is 4.68. The SMILES string of the molecule is C[C@@H](O)c1ccccc1Oc1cnc2ccccc2c1. The van der Waals surface area contributed by atoms with Crippen molar-refractivity contribution in [2.45, 2.75) is 13.0 Å². The van der Waals surface area contributed by atoms with Gasteiger partial charge in [0.15, 0.2) is 0 Å². The minimum atomic E-state index is -0.570. The molecular weight excluding hydrogens is 250 g/mol. The van der Waals surface area contributed by atoms with Crippen molar-refractivity contribution in [3.8, 4) is 11.5 Å². The second kappa shape index (κ2) is 5.31. The highest BCUT2D eigenvalue weighted by Gasteiger charge is 2.09. The molecule has 1 N–H and O–H groups in total. The summed E-state index contributed by atoms with van der Waals surface area (Å²) >= 11 is 0. The number of pyridine rings is 1. The molecule has 0 aliphatic carbocycles. The third-order valence-corrected chi connectivity index (χ3v) is 3.16. The maximum Gasteiger partial charge on any atom is 0.146 e. The first kappa shape index (κ1) is 12.6. The fourth-order valence-corrected chi connectivity index (χ4v) is 2.15. The number of fused-ring (bicyclic) bond motifs is 1. The van der Waals surface area contributed by atoms with Crippen LogP contribution >= 0.6 is 0 Å². The maximum absolute atomic E-state index is 9.76. The van der Waals surface area contributed by atoms with Gasteiger partial charge >= 0.3 is 0 Å². The lowest BCUT2D eigenvalue weighted by Crippen LogP contribution is -1.96. The van der Waals surface area contributed by atoms with E-state index in [1.165, 1.54) is 0 Å². The van der Waals surface area contributed by atoms with Gasteiger partial charge in [0, 0.05) is 10.9 Å². The van der Waals surface area contributed by atoms with Crippen molar-refractivity contribution in [3.05, 3.63) is 66.4 Å². The number of aliphatic hydroxyl groups excluding tert-OH is 1. The quantitative estimate of drug-likeness (QED) is 0.775. The van der Waals surface area contributed by atoms with Gasteiger partial charge < -0.3 is 9.84 Å². The summed E-state index contributed by atoms with van der Waals surface area (Å²) in [5.41, 5.74) is 1.70. The summed E-state index contributed by atoms with van der Waals surface area (Å²) in [7, 11) is 0. The van der Waals surface area contributed by atoms with Gasteiger partial charge in [0.1, 0.15) is 11.5 Å². The summed E-state index contributed by atoms with van der Waals surface area (Å²) in [4.78, 5) is 4.36. The molecule has 0 aliphatic rings. The Morgan fingerprint density at radius 3 is 2.65 bits per heavy atom. The van der Waals surface area contributed by atoms with Crippen LogP contribution in [0.25, 0.3) is 10.9 Å². The molecule has 3 aromatic rings. The van der Waals surface area contributed by atoms with E-state index in [0.717, 1.165) is 16.5 Å².